The molecule has 55 heavy (non-hydrogen) atoms. The maximum Gasteiger partial charge on any atom is 0.0468 e. The average Bonchev–Trinajstić information content (AvgIpc) is 3.27. The van der Waals surface area contributed by atoms with Crippen molar-refractivity contribution in [3.63, 3.8) is 0 Å². The lowest BCUT2D eigenvalue weighted by Gasteiger charge is -2.27. The highest BCUT2D eigenvalue weighted by atomic mass is 15.1. The molecule has 0 atom stereocenters. The van der Waals surface area contributed by atoms with Crippen LogP contribution in [0.1, 0.15) is 0 Å². The van der Waals surface area contributed by atoms with Gasteiger partial charge in [0.1, 0.15) is 0 Å². The molecular formula is C54H37N. The molecular weight excluding hydrogens is 663 g/mol. The summed E-state index contributed by atoms with van der Waals surface area (Å²) in [7, 11) is 0. The van der Waals surface area contributed by atoms with Gasteiger partial charge >= 0.3 is 0 Å². The molecule has 0 aromatic heterocycles. The minimum atomic E-state index is 1.10. The predicted molar refractivity (Wildman–Crippen MR) is 235 cm³/mol. The van der Waals surface area contributed by atoms with E-state index in [0.29, 0.717) is 0 Å². The van der Waals surface area contributed by atoms with Crippen molar-refractivity contribution in [2.45, 2.75) is 0 Å². The molecule has 0 bridgehead atoms. The fourth-order valence-electron chi connectivity index (χ4n) is 8.19. The second-order valence-corrected chi connectivity index (χ2v) is 14.1. The Hall–Kier alpha value is -7.22. The standard InChI is InChI=1S/C54H37N/c1-4-15-38(16-5-1)42-21-14-22-43(35-42)39-27-30-46(31-28-39)55(45-23-8-3-9-24-45)47-32-34-48(40-17-6-2-7-18-40)53(37-47)52-36-44-20-11-13-26-50(44)54-49-25-12-10-19-41(49)29-33-51(52)54/h1-37H. The highest BCUT2D eigenvalue weighted by Crippen LogP contribution is 2.45. The molecule has 0 N–H and O–H groups in total. The van der Waals surface area contributed by atoms with Gasteiger partial charge in [-0.15, -0.1) is 0 Å². The van der Waals surface area contributed by atoms with Crippen molar-refractivity contribution in [2.75, 3.05) is 4.90 Å². The van der Waals surface area contributed by atoms with Gasteiger partial charge in [-0.25, -0.2) is 0 Å². The van der Waals surface area contributed by atoms with E-state index in [1.165, 1.54) is 76.8 Å². The maximum absolute atomic E-state index is 2.39. The topological polar surface area (TPSA) is 3.24 Å². The van der Waals surface area contributed by atoms with Crippen molar-refractivity contribution >= 4 is 49.4 Å². The van der Waals surface area contributed by atoms with Gasteiger partial charge in [-0.3, -0.25) is 0 Å². The van der Waals surface area contributed by atoms with Gasteiger partial charge in [0, 0.05) is 17.1 Å². The fourth-order valence-corrected chi connectivity index (χ4v) is 8.19. The van der Waals surface area contributed by atoms with Gasteiger partial charge in [0.05, 0.1) is 0 Å². The van der Waals surface area contributed by atoms with Crippen LogP contribution >= 0.6 is 0 Å². The van der Waals surface area contributed by atoms with Crippen molar-refractivity contribution in [1.82, 2.24) is 0 Å². The molecule has 10 aromatic rings. The second-order valence-electron chi connectivity index (χ2n) is 14.1. The fraction of sp³-hybridized carbons (Fsp3) is 0. The molecule has 1 heteroatoms. The Bertz CT molecular complexity index is 2930. The van der Waals surface area contributed by atoms with Crippen LogP contribution in [-0.2, 0) is 0 Å². The minimum Gasteiger partial charge on any atom is -0.310 e. The molecule has 0 saturated carbocycles. The molecule has 0 unspecified atom stereocenters. The van der Waals surface area contributed by atoms with E-state index in [9.17, 15) is 0 Å². The normalized spacial score (nSPS) is 11.3. The quantitative estimate of drug-likeness (QED) is 0.150. The van der Waals surface area contributed by atoms with Gasteiger partial charge in [0.2, 0.25) is 0 Å². The number of hydrogen-bond donors (Lipinski definition) is 0. The Kier molecular flexibility index (Phi) is 8.24. The van der Waals surface area contributed by atoms with Crippen LogP contribution in [0.25, 0.3) is 76.8 Å². The maximum atomic E-state index is 2.39. The van der Waals surface area contributed by atoms with E-state index >= 15 is 0 Å². The summed E-state index contributed by atoms with van der Waals surface area (Å²) < 4.78 is 0. The molecule has 0 spiro atoms. The predicted octanol–water partition coefficient (Wildman–Crippen LogP) is 15.3. The number of benzene rings is 10. The Balaban J connectivity index is 1.16. The largest absolute Gasteiger partial charge is 0.310 e. The molecule has 0 aliphatic rings. The van der Waals surface area contributed by atoms with Crippen molar-refractivity contribution in [3.05, 3.63) is 224 Å². The summed E-state index contributed by atoms with van der Waals surface area (Å²) in [5.74, 6) is 0. The van der Waals surface area contributed by atoms with E-state index in [2.05, 4.69) is 229 Å². The van der Waals surface area contributed by atoms with Crippen LogP contribution in [0.2, 0.25) is 0 Å². The summed E-state index contributed by atoms with van der Waals surface area (Å²) in [5, 5.41) is 7.58. The van der Waals surface area contributed by atoms with Crippen LogP contribution in [-0.4, -0.2) is 0 Å². The van der Waals surface area contributed by atoms with Gasteiger partial charge in [-0.05, 0) is 125 Å². The van der Waals surface area contributed by atoms with Crippen molar-refractivity contribution in [1.29, 1.82) is 0 Å². The van der Waals surface area contributed by atoms with Crippen LogP contribution in [0.5, 0.6) is 0 Å². The molecule has 258 valence electrons. The average molecular weight is 700 g/mol. The van der Waals surface area contributed by atoms with E-state index in [4.69, 9.17) is 0 Å². The number of para-hydroxylation sites is 1. The molecule has 10 aromatic carbocycles. The zero-order valence-electron chi connectivity index (χ0n) is 30.3. The smallest absolute Gasteiger partial charge is 0.0468 e. The van der Waals surface area contributed by atoms with Gasteiger partial charge in [0.25, 0.3) is 0 Å². The summed E-state index contributed by atoms with van der Waals surface area (Å²) in [5.41, 5.74) is 12.9. The Labute approximate surface area is 322 Å². The highest BCUT2D eigenvalue weighted by molar-refractivity contribution is 6.24. The lowest BCUT2D eigenvalue weighted by Crippen LogP contribution is -2.10. The monoisotopic (exact) mass is 699 g/mol. The summed E-state index contributed by atoms with van der Waals surface area (Å²) in [6.45, 7) is 0. The molecule has 0 aliphatic heterocycles. The Morgan fingerprint density at radius 1 is 0.236 bits per heavy atom. The van der Waals surface area contributed by atoms with Crippen molar-refractivity contribution in [3.8, 4) is 44.5 Å². The molecule has 0 heterocycles. The third-order valence-electron chi connectivity index (χ3n) is 10.8. The Morgan fingerprint density at radius 2 is 0.764 bits per heavy atom. The van der Waals surface area contributed by atoms with Gasteiger partial charge in [-0.2, -0.15) is 0 Å². The number of hydrogen-bond acceptors (Lipinski definition) is 1. The molecule has 0 aliphatic carbocycles. The van der Waals surface area contributed by atoms with Crippen LogP contribution in [0, 0.1) is 0 Å². The zero-order valence-corrected chi connectivity index (χ0v) is 30.3. The van der Waals surface area contributed by atoms with E-state index in [1.54, 1.807) is 0 Å². The second kappa shape index (κ2) is 14.0. The SMILES string of the molecule is c1ccc(-c2cccc(-c3ccc(N(c4ccccc4)c4ccc(-c5ccccc5)c(-c5cc6ccccc6c6c5ccc5ccccc56)c4)cc3)c2)cc1. The summed E-state index contributed by atoms with van der Waals surface area (Å²) >= 11 is 0. The minimum absolute atomic E-state index is 1.10. The first-order valence-electron chi connectivity index (χ1n) is 18.9. The van der Waals surface area contributed by atoms with Gasteiger partial charge in [0.15, 0.2) is 0 Å². The molecule has 1 nitrogen and oxygen atoms in total. The molecule has 0 radical (unpaired) electrons. The number of anilines is 3. The number of rotatable bonds is 7. The summed E-state index contributed by atoms with van der Waals surface area (Å²) in [6, 6.07) is 81.4. The first kappa shape index (κ1) is 32.4. The highest BCUT2D eigenvalue weighted by Gasteiger charge is 2.19. The Morgan fingerprint density at radius 3 is 1.47 bits per heavy atom. The first-order valence-corrected chi connectivity index (χ1v) is 18.9. The molecule has 0 amide bonds. The number of fused-ring (bicyclic) bond motifs is 5. The lowest BCUT2D eigenvalue weighted by atomic mass is 9.87. The van der Waals surface area contributed by atoms with E-state index < -0.39 is 0 Å². The van der Waals surface area contributed by atoms with E-state index in [1.807, 2.05) is 0 Å². The molecule has 0 fully saturated rings. The summed E-state index contributed by atoms with van der Waals surface area (Å²) in [4.78, 5) is 2.38. The lowest BCUT2D eigenvalue weighted by molar-refractivity contribution is 1.28. The van der Waals surface area contributed by atoms with E-state index in [-0.39, 0.29) is 0 Å². The zero-order chi connectivity index (χ0) is 36.6. The van der Waals surface area contributed by atoms with Crippen LogP contribution in [0.15, 0.2) is 224 Å². The van der Waals surface area contributed by atoms with Gasteiger partial charge in [-0.1, -0.05) is 176 Å². The summed E-state index contributed by atoms with van der Waals surface area (Å²) in [6.07, 6.45) is 0. The van der Waals surface area contributed by atoms with E-state index in [0.717, 1.165) is 17.1 Å². The first-order chi connectivity index (χ1) is 27.3. The van der Waals surface area contributed by atoms with Crippen LogP contribution < -0.4 is 4.90 Å². The van der Waals surface area contributed by atoms with Crippen molar-refractivity contribution < 1.29 is 0 Å². The van der Waals surface area contributed by atoms with Crippen LogP contribution in [0.3, 0.4) is 0 Å². The third kappa shape index (κ3) is 6.02. The molecule has 10 rings (SSSR count). The van der Waals surface area contributed by atoms with Gasteiger partial charge < -0.3 is 4.90 Å². The third-order valence-corrected chi connectivity index (χ3v) is 10.8. The number of nitrogens with zero attached hydrogens (tertiary/aromatic N) is 1. The van der Waals surface area contributed by atoms with Crippen LogP contribution in [0.4, 0.5) is 17.1 Å². The van der Waals surface area contributed by atoms with Crippen molar-refractivity contribution in [2.24, 2.45) is 0 Å². The molecule has 0 saturated heterocycles.